The third-order valence-electron chi connectivity index (χ3n) is 5.06. The Kier molecular flexibility index (Phi) is 5.71. The Morgan fingerprint density at radius 3 is 2.42 bits per heavy atom. The molecule has 3 rings (SSSR count). The van der Waals surface area contributed by atoms with Crippen LogP contribution in [0, 0.1) is 5.92 Å². The number of nitrogens with zero attached hydrogens (tertiary/aromatic N) is 3. The third-order valence-corrected chi connectivity index (χ3v) is 5.06. The van der Waals surface area contributed by atoms with E-state index in [1.54, 1.807) is 6.07 Å². The van der Waals surface area contributed by atoms with Gasteiger partial charge in [-0.15, -0.1) is 0 Å². The molecule has 0 bridgehead atoms. The van der Waals surface area contributed by atoms with E-state index in [1.165, 1.54) is 6.07 Å². The van der Waals surface area contributed by atoms with Gasteiger partial charge in [-0.3, -0.25) is 4.90 Å². The Bertz CT molecular complexity index is 604. The van der Waals surface area contributed by atoms with Crippen LogP contribution >= 0.6 is 0 Å². The van der Waals surface area contributed by atoms with Crippen molar-refractivity contribution in [2.75, 3.05) is 37.6 Å². The summed E-state index contributed by atoms with van der Waals surface area (Å²) in [5.41, 5.74) is -0.895. The summed E-state index contributed by atoms with van der Waals surface area (Å²) < 4.78 is 38.6. The first-order valence-corrected chi connectivity index (χ1v) is 8.80. The molecule has 3 heterocycles. The number of hydrogen-bond donors (Lipinski definition) is 3. The van der Waals surface area contributed by atoms with Crippen molar-refractivity contribution in [1.82, 2.24) is 9.88 Å². The van der Waals surface area contributed by atoms with E-state index in [1.807, 2.05) is 9.80 Å². The summed E-state index contributed by atoms with van der Waals surface area (Å²) in [7, 11) is 0. The fourth-order valence-electron chi connectivity index (χ4n) is 3.77. The number of pyridine rings is 1. The molecule has 2 unspecified atom stereocenters. The molecule has 0 aliphatic carbocycles. The van der Waals surface area contributed by atoms with Crippen molar-refractivity contribution in [2.24, 2.45) is 5.92 Å². The van der Waals surface area contributed by atoms with Crippen LogP contribution < -0.4 is 4.90 Å². The Labute approximate surface area is 149 Å². The molecule has 0 saturated carbocycles. The number of likely N-dealkylation sites (tertiary alicyclic amines) is 1. The highest BCUT2D eigenvalue weighted by Crippen LogP contribution is 2.30. The molecule has 1 aromatic rings. The number of alkyl halides is 3. The Morgan fingerprint density at radius 1 is 1.08 bits per heavy atom. The molecule has 9 heteroatoms. The van der Waals surface area contributed by atoms with E-state index in [0.29, 0.717) is 25.5 Å². The second kappa shape index (κ2) is 7.67. The molecule has 0 amide bonds. The lowest BCUT2D eigenvalue weighted by atomic mass is 9.95. The quantitative estimate of drug-likeness (QED) is 0.722. The maximum absolute atomic E-state index is 12.9. The summed E-state index contributed by atoms with van der Waals surface area (Å²) in [5, 5.41) is 29.2. The molecule has 26 heavy (non-hydrogen) atoms. The van der Waals surface area contributed by atoms with Gasteiger partial charge in [-0.1, -0.05) is 6.07 Å². The number of aliphatic hydroxyl groups is 3. The van der Waals surface area contributed by atoms with Crippen molar-refractivity contribution < 1.29 is 28.5 Å². The summed E-state index contributed by atoms with van der Waals surface area (Å²) >= 11 is 0. The molecular weight excluding hydrogens is 351 g/mol. The molecule has 2 aliphatic rings. The smallest absolute Gasteiger partial charge is 0.389 e. The van der Waals surface area contributed by atoms with Crippen LogP contribution in [0.15, 0.2) is 18.2 Å². The van der Waals surface area contributed by atoms with Crippen molar-refractivity contribution in [3.63, 3.8) is 0 Å². The van der Waals surface area contributed by atoms with Gasteiger partial charge in [0.1, 0.15) is 17.6 Å². The van der Waals surface area contributed by atoms with Gasteiger partial charge in [0.2, 0.25) is 0 Å². The summed E-state index contributed by atoms with van der Waals surface area (Å²) in [6.45, 7) is 2.37. The number of piperidine rings is 2. The number of aromatic nitrogens is 1. The molecule has 0 spiro atoms. The topological polar surface area (TPSA) is 80.1 Å². The van der Waals surface area contributed by atoms with E-state index >= 15 is 0 Å². The van der Waals surface area contributed by atoms with Crippen LogP contribution in [-0.4, -0.2) is 76.2 Å². The number of anilines is 1. The number of hydrogen-bond acceptors (Lipinski definition) is 6. The molecule has 2 saturated heterocycles. The molecule has 3 N–H and O–H groups in total. The lowest BCUT2D eigenvalue weighted by molar-refractivity contribution is -0.141. The van der Waals surface area contributed by atoms with Gasteiger partial charge in [-0.2, -0.15) is 13.2 Å². The number of rotatable bonds is 3. The molecular formula is C17H24F3N3O3. The van der Waals surface area contributed by atoms with Crippen LogP contribution in [0.2, 0.25) is 0 Å². The van der Waals surface area contributed by atoms with Gasteiger partial charge in [-0.05, 0) is 30.9 Å². The lowest BCUT2D eigenvalue weighted by Gasteiger charge is -2.41. The van der Waals surface area contributed by atoms with E-state index in [0.717, 1.165) is 18.9 Å². The van der Waals surface area contributed by atoms with Crippen molar-refractivity contribution in [2.45, 2.75) is 37.3 Å². The maximum atomic E-state index is 12.9. The molecule has 3 atom stereocenters. The Hall–Kier alpha value is -1.42. The van der Waals surface area contributed by atoms with Crippen LogP contribution in [0.5, 0.6) is 0 Å². The second-order valence-electron chi connectivity index (χ2n) is 7.18. The standard InChI is InChI=1S/C17H24F3N3O3/c18-17(19,20)14-4-1-5-15(21-14)23-6-2-3-11(8-23)7-22-9-12(24)16(26)13(25)10-22/h1,4-5,11-13,16,24-26H,2-3,6-10H2/t11-,12?,13?,16?/m1/s1. The van der Waals surface area contributed by atoms with Crippen LogP contribution in [0.4, 0.5) is 19.0 Å². The molecule has 1 aromatic heterocycles. The normalized spacial score (nSPS) is 31.2. The van der Waals surface area contributed by atoms with E-state index < -0.39 is 30.2 Å². The fraction of sp³-hybridized carbons (Fsp3) is 0.706. The summed E-state index contributed by atoms with van der Waals surface area (Å²) in [5.74, 6) is 0.508. The number of β-amino-alcohol motifs (C(OH)–C–C–N with tert-alkyl or cyclic N) is 2. The largest absolute Gasteiger partial charge is 0.433 e. The number of halogens is 3. The van der Waals surface area contributed by atoms with E-state index in [9.17, 15) is 28.5 Å². The zero-order chi connectivity index (χ0) is 18.9. The van der Waals surface area contributed by atoms with E-state index in [4.69, 9.17) is 0 Å². The molecule has 6 nitrogen and oxygen atoms in total. The zero-order valence-electron chi connectivity index (χ0n) is 14.3. The first-order chi connectivity index (χ1) is 12.2. The predicted molar refractivity (Wildman–Crippen MR) is 88.6 cm³/mol. The van der Waals surface area contributed by atoms with Crippen LogP contribution in [-0.2, 0) is 6.18 Å². The minimum Gasteiger partial charge on any atom is -0.389 e. The van der Waals surface area contributed by atoms with Crippen molar-refractivity contribution in [3.05, 3.63) is 23.9 Å². The summed E-state index contributed by atoms with van der Waals surface area (Å²) in [6.07, 6.45) is -5.84. The van der Waals surface area contributed by atoms with Crippen molar-refractivity contribution in [1.29, 1.82) is 0 Å². The lowest BCUT2D eigenvalue weighted by Crippen LogP contribution is -2.56. The molecule has 146 valence electrons. The van der Waals surface area contributed by atoms with Gasteiger partial charge < -0.3 is 20.2 Å². The second-order valence-corrected chi connectivity index (χ2v) is 7.18. The predicted octanol–water partition coefficient (Wildman–Crippen LogP) is 0.715. The minimum absolute atomic E-state index is 0.190. The van der Waals surface area contributed by atoms with Crippen molar-refractivity contribution >= 4 is 5.82 Å². The first-order valence-electron chi connectivity index (χ1n) is 8.80. The maximum Gasteiger partial charge on any atom is 0.433 e. The third kappa shape index (κ3) is 4.46. The minimum atomic E-state index is -4.47. The van der Waals surface area contributed by atoms with Crippen LogP contribution in [0.25, 0.3) is 0 Å². The van der Waals surface area contributed by atoms with Crippen LogP contribution in [0.3, 0.4) is 0 Å². The molecule has 2 fully saturated rings. The van der Waals surface area contributed by atoms with Gasteiger partial charge in [0.25, 0.3) is 0 Å². The molecule has 2 aliphatic heterocycles. The van der Waals surface area contributed by atoms with Gasteiger partial charge in [-0.25, -0.2) is 4.98 Å². The molecule has 0 aromatic carbocycles. The van der Waals surface area contributed by atoms with Gasteiger partial charge in [0.05, 0.1) is 12.2 Å². The highest BCUT2D eigenvalue weighted by Gasteiger charge is 2.35. The number of aliphatic hydroxyl groups excluding tert-OH is 3. The van der Waals surface area contributed by atoms with E-state index in [2.05, 4.69) is 4.98 Å². The van der Waals surface area contributed by atoms with E-state index in [-0.39, 0.29) is 19.0 Å². The summed E-state index contributed by atoms with van der Waals surface area (Å²) in [6, 6.07) is 3.92. The molecule has 0 radical (unpaired) electrons. The zero-order valence-corrected chi connectivity index (χ0v) is 14.3. The average molecular weight is 375 g/mol. The van der Waals surface area contributed by atoms with Gasteiger partial charge in [0.15, 0.2) is 0 Å². The average Bonchev–Trinajstić information content (AvgIpc) is 2.59. The fourth-order valence-corrected chi connectivity index (χ4v) is 3.77. The Morgan fingerprint density at radius 2 is 1.77 bits per heavy atom. The SMILES string of the molecule is OC1CN(C[C@H]2CCCN(c3cccc(C(F)(F)F)n3)C2)CC(O)C1O. The van der Waals surface area contributed by atoms with Gasteiger partial charge in [0, 0.05) is 32.7 Å². The monoisotopic (exact) mass is 375 g/mol. The Balaban J connectivity index is 1.63. The summed E-state index contributed by atoms with van der Waals surface area (Å²) in [4.78, 5) is 7.51. The first kappa shape index (κ1) is 19.3. The highest BCUT2D eigenvalue weighted by molar-refractivity contribution is 5.40. The van der Waals surface area contributed by atoms with Crippen LogP contribution in [0.1, 0.15) is 18.5 Å². The van der Waals surface area contributed by atoms with Crippen molar-refractivity contribution in [3.8, 4) is 0 Å². The highest BCUT2D eigenvalue weighted by atomic mass is 19.4. The van der Waals surface area contributed by atoms with Gasteiger partial charge >= 0.3 is 6.18 Å².